The third-order valence-electron chi connectivity index (χ3n) is 4.46. The summed E-state index contributed by atoms with van der Waals surface area (Å²) in [5.74, 6) is 0.764. The van der Waals surface area contributed by atoms with E-state index in [9.17, 15) is 9.90 Å². The average molecular weight is 328 g/mol. The third-order valence-corrected chi connectivity index (χ3v) is 4.46. The maximum atomic E-state index is 12.8. The molecule has 0 unspecified atom stereocenters. The lowest BCUT2D eigenvalue weighted by Gasteiger charge is -2.21. The van der Waals surface area contributed by atoms with E-state index in [2.05, 4.69) is 0 Å². The smallest absolute Gasteiger partial charge is 0.194 e. The fourth-order valence-corrected chi connectivity index (χ4v) is 3.21. The Kier molecular flexibility index (Phi) is 3.62. The maximum absolute atomic E-state index is 12.8. The molecule has 4 rings (SSSR count). The molecular weight excluding hydrogens is 312 g/mol. The predicted molar refractivity (Wildman–Crippen MR) is 97.9 cm³/mol. The number of carbonyl (C=O) groups excluding carboxylic acids is 1. The third kappa shape index (κ3) is 2.50. The highest BCUT2D eigenvalue weighted by atomic mass is 16.5. The molecule has 3 aromatic carbocycles. The first-order valence-electron chi connectivity index (χ1n) is 8.01. The molecule has 0 aliphatic heterocycles. The van der Waals surface area contributed by atoms with Gasteiger partial charge in [-0.2, -0.15) is 0 Å². The number of phenolic OH excluding ortho intramolecular Hbond substituents is 1. The Hall–Kier alpha value is -3.33. The molecule has 3 nitrogen and oxygen atoms in total. The van der Waals surface area contributed by atoms with Gasteiger partial charge in [-0.15, -0.1) is 0 Å². The van der Waals surface area contributed by atoms with E-state index in [1.165, 1.54) is 0 Å². The van der Waals surface area contributed by atoms with Crippen LogP contribution < -0.4 is 4.74 Å². The number of methoxy groups -OCH3 is 1. The van der Waals surface area contributed by atoms with Crippen LogP contribution in [0, 0.1) is 0 Å². The molecule has 0 spiro atoms. The van der Waals surface area contributed by atoms with Gasteiger partial charge in [0, 0.05) is 22.8 Å². The van der Waals surface area contributed by atoms with Crippen LogP contribution in [0.5, 0.6) is 11.5 Å². The minimum absolute atomic E-state index is 0.0299. The van der Waals surface area contributed by atoms with Gasteiger partial charge in [0.1, 0.15) is 11.5 Å². The first-order chi connectivity index (χ1) is 12.2. The summed E-state index contributed by atoms with van der Waals surface area (Å²) in [7, 11) is 1.56. The Balaban J connectivity index is 1.96. The molecule has 0 atom stereocenters. The van der Waals surface area contributed by atoms with Crippen LogP contribution in [0.4, 0.5) is 0 Å². The predicted octanol–water partition coefficient (Wildman–Crippen LogP) is 4.53. The second kappa shape index (κ2) is 5.95. The molecule has 1 N–H and O–H groups in total. The number of hydrogen-bond acceptors (Lipinski definition) is 3. The van der Waals surface area contributed by atoms with Crippen molar-refractivity contribution in [2.75, 3.05) is 7.11 Å². The number of phenols is 1. The molecule has 0 saturated heterocycles. The molecule has 0 saturated carbocycles. The number of rotatable bonds is 2. The molecule has 3 heteroatoms. The number of carbonyl (C=O) groups is 1. The highest BCUT2D eigenvalue weighted by Gasteiger charge is 2.26. The Morgan fingerprint density at radius 2 is 1.40 bits per heavy atom. The Morgan fingerprint density at radius 3 is 1.92 bits per heavy atom. The van der Waals surface area contributed by atoms with Crippen molar-refractivity contribution in [1.82, 2.24) is 0 Å². The number of aromatic hydroxyl groups is 1. The highest BCUT2D eigenvalue weighted by molar-refractivity contribution is 6.20. The minimum Gasteiger partial charge on any atom is -0.507 e. The van der Waals surface area contributed by atoms with Crippen molar-refractivity contribution in [2.24, 2.45) is 0 Å². The lowest BCUT2D eigenvalue weighted by atomic mass is 9.80. The summed E-state index contributed by atoms with van der Waals surface area (Å²) in [5.41, 5.74) is 4.71. The van der Waals surface area contributed by atoms with E-state index in [4.69, 9.17) is 4.74 Å². The molecule has 1 aliphatic rings. The Labute approximate surface area is 145 Å². The second-order valence-corrected chi connectivity index (χ2v) is 5.90. The molecular formula is C22H16O3. The van der Waals surface area contributed by atoms with E-state index in [1.807, 2.05) is 60.7 Å². The van der Waals surface area contributed by atoms with Crippen LogP contribution in [0.2, 0.25) is 0 Å². The first kappa shape index (κ1) is 15.2. The van der Waals surface area contributed by atoms with Crippen molar-refractivity contribution in [3.8, 4) is 11.5 Å². The van der Waals surface area contributed by atoms with E-state index in [0.717, 1.165) is 16.7 Å². The second-order valence-electron chi connectivity index (χ2n) is 5.90. The van der Waals surface area contributed by atoms with E-state index in [-0.39, 0.29) is 11.5 Å². The number of ketones is 1. The van der Waals surface area contributed by atoms with Crippen molar-refractivity contribution in [1.29, 1.82) is 0 Å². The first-order valence-corrected chi connectivity index (χ1v) is 8.01. The zero-order valence-electron chi connectivity index (χ0n) is 13.7. The topological polar surface area (TPSA) is 46.5 Å². The van der Waals surface area contributed by atoms with Gasteiger partial charge in [0.15, 0.2) is 5.78 Å². The van der Waals surface area contributed by atoms with Crippen molar-refractivity contribution in [2.45, 2.75) is 0 Å². The fourth-order valence-electron chi connectivity index (χ4n) is 3.21. The number of hydrogen-bond donors (Lipinski definition) is 1. The zero-order chi connectivity index (χ0) is 17.4. The van der Waals surface area contributed by atoms with Crippen molar-refractivity contribution < 1.29 is 14.6 Å². The van der Waals surface area contributed by atoms with Crippen molar-refractivity contribution in [3.05, 3.63) is 94.5 Å². The average Bonchev–Trinajstić information content (AvgIpc) is 2.66. The molecule has 0 aromatic heterocycles. The Bertz CT molecular complexity index is 964. The molecule has 0 heterocycles. The molecule has 1 aliphatic carbocycles. The molecule has 0 bridgehead atoms. The van der Waals surface area contributed by atoms with Crippen molar-refractivity contribution >= 4 is 17.4 Å². The molecule has 0 amide bonds. The maximum Gasteiger partial charge on any atom is 0.194 e. The molecule has 25 heavy (non-hydrogen) atoms. The SMILES string of the molecule is COc1ccc(C=C2c3ccccc3C(=O)c3ccccc32)c(O)c1. The molecule has 0 fully saturated rings. The standard InChI is InChI=1S/C22H16O3/c1-25-15-11-10-14(21(23)13-15)12-20-16-6-2-4-8-18(16)22(24)19-9-5-3-7-17(19)20/h2-13,23H,1H3. The number of fused-ring (bicyclic) bond motifs is 2. The van der Waals surface area contributed by atoms with E-state index in [1.54, 1.807) is 19.2 Å². The minimum atomic E-state index is 0.0299. The summed E-state index contributed by atoms with van der Waals surface area (Å²) in [4.78, 5) is 12.8. The van der Waals surface area contributed by atoms with E-state index in [0.29, 0.717) is 22.4 Å². The van der Waals surface area contributed by atoms with Gasteiger partial charge < -0.3 is 9.84 Å². The summed E-state index contributed by atoms with van der Waals surface area (Å²) in [6.07, 6.45) is 1.92. The summed E-state index contributed by atoms with van der Waals surface area (Å²) in [6, 6.07) is 20.3. The van der Waals surface area contributed by atoms with Crippen LogP contribution in [0.25, 0.3) is 11.6 Å². The largest absolute Gasteiger partial charge is 0.507 e. The fraction of sp³-hybridized carbons (Fsp3) is 0.0455. The van der Waals surface area contributed by atoms with Gasteiger partial charge in [0.2, 0.25) is 0 Å². The lowest BCUT2D eigenvalue weighted by molar-refractivity contribution is 0.103. The summed E-state index contributed by atoms with van der Waals surface area (Å²) in [5, 5.41) is 10.3. The van der Waals surface area contributed by atoms with Crippen molar-refractivity contribution in [3.63, 3.8) is 0 Å². The van der Waals surface area contributed by atoms with Crippen LogP contribution in [-0.4, -0.2) is 18.0 Å². The monoisotopic (exact) mass is 328 g/mol. The van der Waals surface area contributed by atoms with Gasteiger partial charge in [-0.05, 0) is 34.9 Å². The molecule has 3 aromatic rings. The number of benzene rings is 3. The van der Waals surface area contributed by atoms with Crippen LogP contribution in [-0.2, 0) is 0 Å². The van der Waals surface area contributed by atoms with Gasteiger partial charge in [0.25, 0.3) is 0 Å². The van der Waals surface area contributed by atoms with Crippen LogP contribution >= 0.6 is 0 Å². The normalized spacial score (nSPS) is 12.4. The summed E-state index contributed by atoms with van der Waals surface area (Å²) >= 11 is 0. The number of ether oxygens (including phenoxy) is 1. The summed E-state index contributed by atoms with van der Waals surface area (Å²) < 4.78 is 5.14. The van der Waals surface area contributed by atoms with Crippen LogP contribution in [0.3, 0.4) is 0 Å². The van der Waals surface area contributed by atoms with Gasteiger partial charge in [0.05, 0.1) is 7.11 Å². The zero-order valence-corrected chi connectivity index (χ0v) is 13.7. The molecule has 0 radical (unpaired) electrons. The summed E-state index contributed by atoms with van der Waals surface area (Å²) in [6.45, 7) is 0. The van der Waals surface area contributed by atoms with Crippen LogP contribution in [0.15, 0.2) is 66.7 Å². The van der Waals surface area contributed by atoms with Gasteiger partial charge in [-0.3, -0.25) is 4.79 Å². The van der Waals surface area contributed by atoms with Gasteiger partial charge in [-0.1, -0.05) is 48.5 Å². The van der Waals surface area contributed by atoms with Gasteiger partial charge >= 0.3 is 0 Å². The Morgan fingerprint density at radius 1 is 0.840 bits per heavy atom. The van der Waals surface area contributed by atoms with Gasteiger partial charge in [-0.25, -0.2) is 0 Å². The van der Waals surface area contributed by atoms with E-state index < -0.39 is 0 Å². The lowest BCUT2D eigenvalue weighted by Crippen LogP contribution is -2.14. The van der Waals surface area contributed by atoms with E-state index >= 15 is 0 Å². The quantitative estimate of drug-likeness (QED) is 0.588. The highest BCUT2D eigenvalue weighted by Crippen LogP contribution is 2.38. The van der Waals surface area contributed by atoms with Crippen LogP contribution in [0.1, 0.15) is 32.6 Å². The molecule has 122 valence electrons.